The third kappa shape index (κ3) is 8.07. The van der Waals surface area contributed by atoms with Crippen molar-refractivity contribution in [2.24, 2.45) is 0 Å². The number of carboxylic acids is 1. The van der Waals surface area contributed by atoms with Crippen LogP contribution in [-0.2, 0) is 11.2 Å². The highest BCUT2D eigenvalue weighted by atomic mass is 16.5. The van der Waals surface area contributed by atoms with Gasteiger partial charge in [0.15, 0.2) is 0 Å². The molecule has 0 spiro atoms. The fraction of sp³-hybridized carbons (Fsp3) is 0.367. The highest BCUT2D eigenvalue weighted by Crippen LogP contribution is 2.23. The van der Waals surface area contributed by atoms with E-state index in [1.807, 2.05) is 53.5 Å². The first-order chi connectivity index (χ1) is 18.2. The number of para-hydroxylation sites is 1. The molecule has 0 fully saturated rings. The molecule has 194 valence electrons. The lowest BCUT2D eigenvalue weighted by atomic mass is 10.1. The predicted octanol–water partition coefficient (Wildman–Crippen LogP) is 5.29. The molecule has 37 heavy (non-hydrogen) atoms. The second kappa shape index (κ2) is 14.0. The summed E-state index contributed by atoms with van der Waals surface area (Å²) in [5, 5.41) is 16.1. The van der Waals surface area contributed by atoms with Crippen molar-refractivity contribution < 1.29 is 19.4 Å². The molecule has 2 aromatic heterocycles. The van der Waals surface area contributed by atoms with E-state index in [4.69, 9.17) is 9.47 Å². The Bertz CT molecular complexity index is 1250. The molecule has 0 unspecified atom stereocenters. The van der Waals surface area contributed by atoms with Gasteiger partial charge in [-0.2, -0.15) is 5.10 Å². The Morgan fingerprint density at radius 1 is 0.784 bits per heavy atom. The Balaban J connectivity index is 1.06. The number of pyridine rings is 1. The number of aryl methyl sites for hydroxylation is 1. The average molecular weight is 501 g/mol. The van der Waals surface area contributed by atoms with Crippen molar-refractivity contribution >= 4 is 16.9 Å². The van der Waals surface area contributed by atoms with E-state index in [-0.39, 0.29) is 0 Å². The minimum Gasteiger partial charge on any atom is -0.546 e. The predicted molar refractivity (Wildman–Crippen MR) is 142 cm³/mol. The number of carboxylic acid groups (broad SMARTS) is 1. The van der Waals surface area contributed by atoms with Crippen LogP contribution in [0, 0.1) is 0 Å². The quantitative estimate of drug-likeness (QED) is 0.194. The molecular weight excluding hydrogens is 466 g/mol. The highest BCUT2D eigenvalue weighted by Gasteiger charge is 2.06. The Morgan fingerprint density at radius 3 is 2.30 bits per heavy atom. The first-order valence-electron chi connectivity index (χ1n) is 13.1. The molecule has 2 heterocycles. The largest absolute Gasteiger partial charge is 0.546 e. The first-order valence-corrected chi connectivity index (χ1v) is 13.1. The van der Waals surface area contributed by atoms with Gasteiger partial charge in [-0.25, -0.2) is 4.68 Å². The van der Waals surface area contributed by atoms with E-state index in [1.54, 1.807) is 12.1 Å². The van der Waals surface area contributed by atoms with Crippen molar-refractivity contribution in [3.63, 3.8) is 0 Å². The number of fused-ring (bicyclic) bond motifs is 1. The van der Waals surface area contributed by atoms with E-state index in [0.717, 1.165) is 48.2 Å². The van der Waals surface area contributed by atoms with Crippen LogP contribution in [0.4, 0.5) is 0 Å². The highest BCUT2D eigenvalue weighted by molar-refractivity contribution is 5.84. The SMILES string of the molecule is O=C([O-])COc1ccc(-n2nccc2CCCCCCCCCCOc2ccnc3ccccc23)cc1. The van der Waals surface area contributed by atoms with Crippen LogP contribution in [0.25, 0.3) is 16.6 Å². The van der Waals surface area contributed by atoms with Crippen molar-refractivity contribution in [2.45, 2.75) is 57.8 Å². The van der Waals surface area contributed by atoms with Crippen LogP contribution in [0.1, 0.15) is 57.1 Å². The van der Waals surface area contributed by atoms with Crippen LogP contribution >= 0.6 is 0 Å². The summed E-state index contributed by atoms with van der Waals surface area (Å²) in [4.78, 5) is 14.9. The van der Waals surface area contributed by atoms with Crippen molar-refractivity contribution in [1.29, 1.82) is 0 Å². The fourth-order valence-corrected chi connectivity index (χ4v) is 4.42. The second-order valence-electron chi connectivity index (χ2n) is 9.14. The molecule has 4 rings (SSSR count). The summed E-state index contributed by atoms with van der Waals surface area (Å²) in [5.41, 5.74) is 3.08. The third-order valence-electron chi connectivity index (χ3n) is 6.35. The zero-order valence-corrected chi connectivity index (χ0v) is 21.2. The van der Waals surface area contributed by atoms with Gasteiger partial charge in [-0.15, -0.1) is 0 Å². The van der Waals surface area contributed by atoms with Crippen molar-refractivity contribution in [2.75, 3.05) is 13.2 Å². The monoisotopic (exact) mass is 500 g/mol. The maximum Gasteiger partial charge on any atom is 0.130 e. The van der Waals surface area contributed by atoms with E-state index >= 15 is 0 Å². The summed E-state index contributed by atoms with van der Waals surface area (Å²) in [6, 6.07) is 19.3. The van der Waals surface area contributed by atoms with Crippen LogP contribution < -0.4 is 14.6 Å². The third-order valence-corrected chi connectivity index (χ3v) is 6.35. The number of ether oxygens (including phenoxy) is 2. The molecule has 0 aliphatic carbocycles. The lowest BCUT2D eigenvalue weighted by Gasteiger charge is -2.10. The number of hydrogen-bond donors (Lipinski definition) is 0. The molecule has 0 saturated carbocycles. The van der Waals surface area contributed by atoms with Crippen LogP contribution in [0.15, 0.2) is 73.1 Å². The zero-order valence-electron chi connectivity index (χ0n) is 21.2. The van der Waals surface area contributed by atoms with Crippen molar-refractivity contribution in [1.82, 2.24) is 14.8 Å². The number of hydrogen-bond acceptors (Lipinski definition) is 6. The van der Waals surface area contributed by atoms with Gasteiger partial charge in [-0.3, -0.25) is 4.98 Å². The first kappa shape index (κ1) is 26.2. The lowest BCUT2D eigenvalue weighted by molar-refractivity contribution is -0.307. The average Bonchev–Trinajstić information content (AvgIpc) is 3.39. The van der Waals surface area contributed by atoms with Crippen molar-refractivity contribution in [3.8, 4) is 17.2 Å². The maximum atomic E-state index is 10.5. The van der Waals surface area contributed by atoms with Crippen molar-refractivity contribution in [3.05, 3.63) is 78.8 Å². The number of aromatic nitrogens is 3. The van der Waals surface area contributed by atoms with E-state index in [2.05, 4.69) is 22.2 Å². The molecule has 0 aliphatic rings. The summed E-state index contributed by atoms with van der Waals surface area (Å²) in [6.45, 7) is 0.294. The number of carbonyl (C=O) groups excluding carboxylic acids is 1. The summed E-state index contributed by atoms with van der Waals surface area (Å²) in [6.07, 6.45) is 14.2. The number of unbranched alkanes of at least 4 members (excludes halogenated alkanes) is 7. The van der Waals surface area contributed by atoms with E-state index in [1.165, 1.54) is 44.2 Å². The van der Waals surface area contributed by atoms with E-state index in [0.29, 0.717) is 5.75 Å². The lowest BCUT2D eigenvalue weighted by Crippen LogP contribution is -2.28. The number of rotatable bonds is 16. The molecule has 2 aromatic carbocycles. The van der Waals surface area contributed by atoms with E-state index < -0.39 is 12.6 Å². The van der Waals surface area contributed by atoms with Gasteiger partial charge in [0.1, 0.15) is 18.1 Å². The van der Waals surface area contributed by atoms with Gasteiger partial charge >= 0.3 is 0 Å². The van der Waals surface area contributed by atoms with Crippen LogP contribution in [0.5, 0.6) is 11.5 Å². The Kier molecular flexibility index (Phi) is 9.93. The van der Waals surface area contributed by atoms with E-state index in [9.17, 15) is 9.90 Å². The van der Waals surface area contributed by atoms with Crippen LogP contribution in [0.2, 0.25) is 0 Å². The van der Waals surface area contributed by atoms with Crippen LogP contribution in [0.3, 0.4) is 0 Å². The number of aliphatic carboxylic acids is 1. The Hall–Kier alpha value is -3.87. The molecule has 0 bridgehead atoms. The summed E-state index contributed by atoms with van der Waals surface area (Å²) in [5.74, 6) is 0.182. The van der Waals surface area contributed by atoms with Gasteiger partial charge < -0.3 is 19.4 Å². The zero-order chi connectivity index (χ0) is 25.7. The van der Waals surface area contributed by atoms with Gasteiger partial charge in [0, 0.05) is 23.5 Å². The minimum atomic E-state index is -1.24. The molecular formula is C30H34N3O4-. The van der Waals surface area contributed by atoms with Gasteiger partial charge in [0.25, 0.3) is 0 Å². The molecule has 4 aromatic rings. The summed E-state index contributed by atoms with van der Waals surface area (Å²) in [7, 11) is 0. The van der Waals surface area contributed by atoms with Gasteiger partial charge in [-0.05, 0) is 67.8 Å². The molecule has 0 radical (unpaired) electrons. The minimum absolute atomic E-state index is 0.454. The smallest absolute Gasteiger partial charge is 0.130 e. The summed E-state index contributed by atoms with van der Waals surface area (Å²) >= 11 is 0. The summed E-state index contributed by atoms with van der Waals surface area (Å²) < 4.78 is 13.1. The molecule has 0 aliphatic heterocycles. The normalized spacial score (nSPS) is 11.0. The van der Waals surface area contributed by atoms with Gasteiger partial charge in [0.2, 0.25) is 0 Å². The standard InChI is InChI=1S/C30H35N3O4/c34-30(35)23-37-26-16-14-25(15-17-26)33-24(18-21-32-33)11-7-5-3-1-2-4-6-10-22-36-29-19-20-31-28-13-9-8-12-27(28)29/h8-9,12-21H,1-7,10-11,22-23H2,(H,34,35)/p-1. The topological polar surface area (TPSA) is 89.3 Å². The molecule has 7 nitrogen and oxygen atoms in total. The van der Waals surface area contributed by atoms with Crippen LogP contribution in [-0.4, -0.2) is 33.9 Å². The molecule has 0 atom stereocenters. The molecule has 0 saturated heterocycles. The maximum absolute atomic E-state index is 10.5. The molecule has 0 N–H and O–H groups in total. The molecule has 0 amide bonds. The fourth-order valence-electron chi connectivity index (χ4n) is 4.42. The molecule has 7 heteroatoms. The number of benzene rings is 2. The number of carbonyl (C=O) groups is 1. The number of nitrogens with zero attached hydrogens (tertiary/aromatic N) is 3. The Morgan fingerprint density at radius 2 is 1.51 bits per heavy atom. The Labute approximate surface area is 218 Å². The van der Waals surface area contributed by atoms with Gasteiger partial charge in [0.05, 0.1) is 23.8 Å². The van der Waals surface area contributed by atoms with Gasteiger partial charge in [-0.1, -0.05) is 50.7 Å². The second-order valence-corrected chi connectivity index (χ2v) is 9.14.